The lowest BCUT2D eigenvalue weighted by molar-refractivity contribution is -0.156. The predicted molar refractivity (Wildman–Crippen MR) is 117 cm³/mol. The number of carbonyl (C=O) groups excluding carboxylic acids is 2. The second-order valence-electron chi connectivity index (χ2n) is 8.99. The fourth-order valence-electron chi connectivity index (χ4n) is 6.00. The molecule has 0 aliphatic carbocycles. The molecule has 2 amide bonds. The van der Waals surface area contributed by atoms with Crippen LogP contribution in [0.5, 0.6) is 0 Å². The zero-order valence-electron chi connectivity index (χ0n) is 18.0. The van der Waals surface area contributed by atoms with Crippen molar-refractivity contribution < 1.29 is 29.3 Å². The van der Waals surface area contributed by atoms with E-state index in [1.807, 2.05) is 6.92 Å². The van der Waals surface area contributed by atoms with E-state index in [9.17, 15) is 24.6 Å². The number of hydrogen-bond acceptors (Lipinski definition) is 5. The Labute approximate surface area is 191 Å². The Hall–Kier alpha value is -2.42. The van der Waals surface area contributed by atoms with E-state index >= 15 is 0 Å². The first-order chi connectivity index (χ1) is 15.1. The summed E-state index contributed by atoms with van der Waals surface area (Å²) < 4.78 is 6.40. The number of carboxylic acid groups (broad SMARTS) is 1. The summed E-state index contributed by atoms with van der Waals surface area (Å²) in [6, 6.07) is 5.77. The van der Waals surface area contributed by atoms with Crippen LogP contribution < -0.4 is 4.90 Å². The number of halogens is 1. The maximum absolute atomic E-state index is 14.0. The van der Waals surface area contributed by atoms with Gasteiger partial charge in [-0.3, -0.25) is 14.4 Å². The number of fused-ring (bicyclic) bond motifs is 1. The predicted octanol–water partition coefficient (Wildman–Crippen LogP) is 1.95. The van der Waals surface area contributed by atoms with E-state index in [2.05, 4.69) is 6.58 Å². The highest BCUT2D eigenvalue weighted by Crippen LogP contribution is 2.65. The summed E-state index contributed by atoms with van der Waals surface area (Å²) in [6.07, 6.45) is 1.92. The van der Waals surface area contributed by atoms with Gasteiger partial charge < -0.3 is 24.7 Å². The standard InChI is InChI=1S/C23H27ClN2O6/c1-4-9-25(15-8-6-5-7-14(15)24)20(29)18-23-12-13(2)22(3,32-23)17(21(30)31)16(23)19(28)26(18)10-11-27/h4-8,13,16-18,27H,1,9-12H2,2-3H3,(H,30,31)/t13?,16-,17+,18?,22-,23?/m0/s1. The maximum atomic E-state index is 14.0. The second-order valence-corrected chi connectivity index (χ2v) is 9.39. The minimum Gasteiger partial charge on any atom is -0.481 e. The first-order valence-corrected chi connectivity index (χ1v) is 11.0. The molecular formula is C23H27ClN2O6. The number of anilines is 1. The highest BCUT2D eigenvalue weighted by molar-refractivity contribution is 6.34. The van der Waals surface area contributed by atoms with Crippen LogP contribution in [0.4, 0.5) is 5.69 Å². The molecule has 6 atom stereocenters. The van der Waals surface area contributed by atoms with Crippen LogP contribution in [0, 0.1) is 17.8 Å². The van der Waals surface area contributed by atoms with Gasteiger partial charge in [0.2, 0.25) is 5.91 Å². The smallest absolute Gasteiger partial charge is 0.310 e. The monoisotopic (exact) mass is 462 g/mol. The molecule has 3 aliphatic rings. The summed E-state index contributed by atoms with van der Waals surface area (Å²) in [5, 5.41) is 20.0. The number of likely N-dealkylation sites (tertiary alicyclic amines) is 1. The second kappa shape index (κ2) is 7.86. The third-order valence-corrected chi connectivity index (χ3v) is 7.70. The Kier molecular flexibility index (Phi) is 5.59. The fraction of sp³-hybridized carbons (Fsp3) is 0.522. The third kappa shape index (κ3) is 2.93. The van der Waals surface area contributed by atoms with E-state index in [-0.39, 0.29) is 25.6 Å². The van der Waals surface area contributed by atoms with E-state index in [0.717, 1.165) is 0 Å². The summed E-state index contributed by atoms with van der Waals surface area (Å²) in [5.41, 5.74) is -1.90. The molecule has 3 fully saturated rings. The van der Waals surface area contributed by atoms with Gasteiger partial charge in [-0.2, -0.15) is 0 Å². The first-order valence-electron chi connectivity index (χ1n) is 10.6. The van der Waals surface area contributed by atoms with Gasteiger partial charge in [-0.25, -0.2) is 0 Å². The number of carboxylic acids is 1. The molecule has 2 bridgehead atoms. The minimum atomic E-state index is -1.29. The van der Waals surface area contributed by atoms with E-state index in [1.54, 1.807) is 37.3 Å². The molecule has 3 saturated heterocycles. The molecule has 1 spiro atoms. The SMILES string of the molecule is C=CCN(C(=O)C1N(CCO)C(=O)[C@@H]2[C@H](C(=O)O)[C@@]3(C)OC12CC3C)c1ccccc1Cl. The maximum Gasteiger partial charge on any atom is 0.310 e. The highest BCUT2D eigenvalue weighted by atomic mass is 35.5. The average Bonchev–Trinajstić information content (AvgIpc) is 3.24. The Bertz CT molecular complexity index is 985. The largest absolute Gasteiger partial charge is 0.481 e. The van der Waals surface area contributed by atoms with Crippen molar-refractivity contribution >= 4 is 35.1 Å². The van der Waals surface area contributed by atoms with E-state index in [0.29, 0.717) is 17.1 Å². The number of hydrogen-bond donors (Lipinski definition) is 2. The van der Waals surface area contributed by atoms with Crippen LogP contribution >= 0.6 is 11.6 Å². The van der Waals surface area contributed by atoms with Crippen LogP contribution in [0.3, 0.4) is 0 Å². The molecule has 8 nitrogen and oxygen atoms in total. The number of ether oxygens (including phenoxy) is 1. The molecule has 9 heteroatoms. The Morgan fingerprint density at radius 2 is 2.09 bits per heavy atom. The lowest BCUT2D eigenvalue weighted by atomic mass is 9.62. The third-order valence-electron chi connectivity index (χ3n) is 7.38. The van der Waals surface area contributed by atoms with Gasteiger partial charge in [0.1, 0.15) is 17.6 Å². The number of carbonyl (C=O) groups is 3. The van der Waals surface area contributed by atoms with Crippen LogP contribution in [0.25, 0.3) is 0 Å². The number of nitrogens with zero attached hydrogens (tertiary/aromatic N) is 2. The number of para-hydroxylation sites is 1. The number of aliphatic hydroxyl groups is 1. The Morgan fingerprint density at radius 1 is 1.41 bits per heavy atom. The zero-order chi connectivity index (χ0) is 23.4. The number of benzene rings is 1. The summed E-state index contributed by atoms with van der Waals surface area (Å²) in [4.78, 5) is 42.5. The lowest BCUT2D eigenvalue weighted by Gasteiger charge is -2.37. The highest BCUT2D eigenvalue weighted by Gasteiger charge is 2.80. The van der Waals surface area contributed by atoms with Crippen LogP contribution in [-0.4, -0.2) is 69.8 Å². The summed E-state index contributed by atoms with van der Waals surface area (Å²) in [7, 11) is 0. The fourth-order valence-corrected chi connectivity index (χ4v) is 6.23. The van der Waals surface area contributed by atoms with Crippen molar-refractivity contribution in [1.29, 1.82) is 0 Å². The van der Waals surface area contributed by atoms with Gasteiger partial charge >= 0.3 is 5.97 Å². The van der Waals surface area contributed by atoms with Gasteiger partial charge in [-0.05, 0) is 31.4 Å². The molecule has 0 radical (unpaired) electrons. The zero-order valence-corrected chi connectivity index (χ0v) is 18.8. The summed E-state index contributed by atoms with van der Waals surface area (Å²) >= 11 is 6.37. The van der Waals surface area contributed by atoms with Crippen molar-refractivity contribution in [2.45, 2.75) is 37.5 Å². The molecule has 172 valence electrons. The molecule has 2 N–H and O–H groups in total. The molecule has 0 aromatic heterocycles. The van der Waals surface area contributed by atoms with Crippen LogP contribution in [0.1, 0.15) is 20.3 Å². The van der Waals surface area contributed by atoms with Crippen LogP contribution in [-0.2, 0) is 19.1 Å². The van der Waals surface area contributed by atoms with Crippen molar-refractivity contribution in [1.82, 2.24) is 4.90 Å². The average molecular weight is 463 g/mol. The van der Waals surface area contributed by atoms with E-state index < -0.39 is 46.9 Å². The Balaban J connectivity index is 1.85. The van der Waals surface area contributed by atoms with E-state index in [1.165, 1.54) is 9.80 Å². The molecular weight excluding hydrogens is 436 g/mol. The van der Waals surface area contributed by atoms with Crippen LogP contribution in [0.15, 0.2) is 36.9 Å². The molecule has 3 unspecified atom stereocenters. The van der Waals surface area contributed by atoms with Gasteiger partial charge in [0, 0.05) is 13.1 Å². The van der Waals surface area contributed by atoms with Crippen molar-refractivity contribution in [2.24, 2.45) is 17.8 Å². The molecule has 1 aromatic rings. The quantitative estimate of drug-likeness (QED) is 0.600. The number of rotatable bonds is 7. The number of β-amino-alcohol motifs (C(OH)–C–C–N with tert-alkyl or cyclic N) is 1. The van der Waals surface area contributed by atoms with Gasteiger partial charge in [-0.1, -0.05) is 36.7 Å². The van der Waals surface area contributed by atoms with Crippen molar-refractivity contribution in [3.63, 3.8) is 0 Å². The lowest BCUT2D eigenvalue weighted by Crippen LogP contribution is -2.57. The number of aliphatic hydroxyl groups excluding tert-OH is 1. The first kappa shape index (κ1) is 22.8. The number of aliphatic carboxylic acids is 1. The molecule has 32 heavy (non-hydrogen) atoms. The van der Waals surface area contributed by atoms with Crippen LogP contribution in [0.2, 0.25) is 5.02 Å². The summed E-state index contributed by atoms with van der Waals surface area (Å²) in [6.45, 7) is 7.01. The molecule has 1 aromatic carbocycles. The normalized spacial score (nSPS) is 35.1. The minimum absolute atomic E-state index is 0.0985. The van der Waals surface area contributed by atoms with Crippen molar-refractivity contribution in [3.8, 4) is 0 Å². The van der Waals surface area contributed by atoms with E-state index in [4.69, 9.17) is 16.3 Å². The number of amides is 2. The molecule has 3 heterocycles. The van der Waals surface area contributed by atoms with Crippen molar-refractivity contribution in [3.05, 3.63) is 41.9 Å². The Morgan fingerprint density at radius 3 is 2.69 bits per heavy atom. The molecule has 3 aliphatic heterocycles. The van der Waals surface area contributed by atoms with Gasteiger partial charge in [0.05, 0.1) is 28.8 Å². The van der Waals surface area contributed by atoms with Gasteiger partial charge in [0.25, 0.3) is 5.91 Å². The molecule has 4 rings (SSSR count). The molecule has 0 saturated carbocycles. The van der Waals surface area contributed by atoms with Crippen molar-refractivity contribution in [2.75, 3.05) is 24.6 Å². The van der Waals surface area contributed by atoms with Gasteiger partial charge in [-0.15, -0.1) is 6.58 Å². The summed E-state index contributed by atoms with van der Waals surface area (Å²) in [5.74, 6) is -4.29. The topological polar surface area (TPSA) is 107 Å². The van der Waals surface area contributed by atoms with Gasteiger partial charge in [0.15, 0.2) is 0 Å².